The molecule has 2 saturated heterocycles. The van der Waals surface area contributed by atoms with E-state index in [0.717, 1.165) is 12.1 Å². The van der Waals surface area contributed by atoms with Crippen molar-refractivity contribution in [1.82, 2.24) is 4.90 Å². The van der Waals surface area contributed by atoms with Gasteiger partial charge in [0.2, 0.25) is 0 Å². The number of alkyl halides is 1. The van der Waals surface area contributed by atoms with Crippen LogP contribution in [0.15, 0.2) is 0 Å². The highest BCUT2D eigenvalue weighted by Crippen LogP contribution is 2.36. The van der Waals surface area contributed by atoms with Crippen LogP contribution in [0.5, 0.6) is 0 Å². The van der Waals surface area contributed by atoms with Gasteiger partial charge >= 0.3 is 0 Å². The van der Waals surface area contributed by atoms with E-state index in [9.17, 15) is 0 Å². The van der Waals surface area contributed by atoms with E-state index >= 15 is 0 Å². The first-order valence-corrected chi connectivity index (χ1v) is 4.57. The van der Waals surface area contributed by atoms with Crippen molar-refractivity contribution < 1.29 is 0 Å². The average molecular weight is 196 g/mol. The lowest BCUT2D eigenvalue weighted by molar-refractivity contribution is 0.181. The molecule has 1 unspecified atom stereocenters. The fourth-order valence-corrected chi connectivity index (χ4v) is 2.76. The van der Waals surface area contributed by atoms with Crippen molar-refractivity contribution in [1.29, 1.82) is 0 Å². The molecule has 3 heteroatoms. The van der Waals surface area contributed by atoms with Crippen LogP contribution in [0.25, 0.3) is 0 Å². The lowest BCUT2D eigenvalue weighted by Gasteiger charge is -2.33. The molecule has 11 heavy (non-hydrogen) atoms. The minimum Gasteiger partial charge on any atom is -0.300 e. The van der Waals surface area contributed by atoms with E-state index < -0.39 is 0 Å². The van der Waals surface area contributed by atoms with Gasteiger partial charge in [-0.15, -0.1) is 24.0 Å². The van der Waals surface area contributed by atoms with Crippen LogP contribution in [0.4, 0.5) is 0 Å². The van der Waals surface area contributed by atoms with E-state index in [1.165, 1.54) is 25.7 Å². The molecule has 2 rings (SSSR count). The molecule has 0 saturated carbocycles. The fourth-order valence-electron chi connectivity index (χ4n) is 2.35. The molecule has 0 spiro atoms. The lowest BCUT2D eigenvalue weighted by Crippen LogP contribution is -2.40. The quantitative estimate of drug-likeness (QED) is 0.537. The third-order valence-corrected chi connectivity index (χ3v) is 3.40. The molecule has 2 bridgehead atoms. The Hall–Kier alpha value is 0.540. The molecule has 2 aliphatic heterocycles. The molecule has 2 aliphatic rings. The van der Waals surface area contributed by atoms with Crippen LogP contribution in [0.2, 0.25) is 0 Å². The van der Waals surface area contributed by atoms with E-state index in [2.05, 4.69) is 11.9 Å². The van der Waals surface area contributed by atoms with Crippen molar-refractivity contribution in [3.63, 3.8) is 0 Å². The van der Waals surface area contributed by atoms with Crippen molar-refractivity contribution in [3.8, 4) is 0 Å². The van der Waals surface area contributed by atoms with E-state index in [1.54, 1.807) is 0 Å². The zero-order valence-corrected chi connectivity index (χ0v) is 8.37. The standard InChI is InChI=1S/C8H14ClN.ClH/c1-10-7-2-3-8(10)5-6(9)4-7;/h6-8H,2-5H2,1H3;1H/t6?,7-,8+;. The van der Waals surface area contributed by atoms with Crippen LogP contribution in [0, 0.1) is 0 Å². The van der Waals surface area contributed by atoms with Gasteiger partial charge in [-0.05, 0) is 32.7 Å². The first-order valence-electron chi connectivity index (χ1n) is 4.13. The zero-order valence-electron chi connectivity index (χ0n) is 6.79. The summed E-state index contributed by atoms with van der Waals surface area (Å²) in [6.07, 6.45) is 5.19. The lowest BCUT2D eigenvalue weighted by atomic mass is 10.0. The summed E-state index contributed by atoms with van der Waals surface area (Å²) in [5, 5.41) is 0.466. The van der Waals surface area contributed by atoms with E-state index in [-0.39, 0.29) is 12.4 Å². The van der Waals surface area contributed by atoms with Crippen molar-refractivity contribution >= 4 is 24.0 Å². The maximum atomic E-state index is 6.08. The summed E-state index contributed by atoms with van der Waals surface area (Å²) in [6, 6.07) is 1.61. The number of hydrogen-bond acceptors (Lipinski definition) is 1. The van der Waals surface area contributed by atoms with E-state index in [1.807, 2.05) is 0 Å². The SMILES string of the molecule is CN1[C@@H]2CC[C@H]1CC(Cl)C2.Cl. The number of piperidine rings is 1. The predicted octanol–water partition coefficient (Wildman–Crippen LogP) is 2.27. The van der Waals surface area contributed by atoms with Gasteiger partial charge in [0.25, 0.3) is 0 Å². The smallest absolute Gasteiger partial charge is 0.0365 e. The largest absolute Gasteiger partial charge is 0.300 e. The van der Waals surface area contributed by atoms with Crippen molar-refractivity contribution in [2.75, 3.05) is 7.05 Å². The van der Waals surface area contributed by atoms with Crippen LogP contribution >= 0.6 is 24.0 Å². The van der Waals surface area contributed by atoms with E-state index in [4.69, 9.17) is 11.6 Å². The second-order valence-corrected chi connectivity index (χ2v) is 4.24. The summed E-state index contributed by atoms with van der Waals surface area (Å²) in [5.74, 6) is 0. The highest BCUT2D eigenvalue weighted by Gasteiger charge is 2.37. The summed E-state index contributed by atoms with van der Waals surface area (Å²) in [7, 11) is 2.24. The second-order valence-electron chi connectivity index (χ2n) is 3.62. The van der Waals surface area contributed by atoms with Crippen LogP contribution < -0.4 is 0 Å². The maximum Gasteiger partial charge on any atom is 0.0365 e. The number of halogens is 2. The van der Waals surface area contributed by atoms with Gasteiger partial charge in [0.1, 0.15) is 0 Å². The normalized spacial score (nSPS) is 43.6. The third kappa shape index (κ3) is 1.66. The van der Waals surface area contributed by atoms with Crippen LogP contribution in [-0.2, 0) is 0 Å². The number of fused-ring (bicyclic) bond motifs is 2. The maximum absolute atomic E-state index is 6.08. The third-order valence-electron chi connectivity index (χ3n) is 3.04. The molecule has 3 atom stereocenters. The summed E-state index contributed by atoms with van der Waals surface area (Å²) < 4.78 is 0. The Morgan fingerprint density at radius 3 is 2.09 bits per heavy atom. The number of rotatable bonds is 0. The Kier molecular flexibility index (Phi) is 3.07. The molecular formula is C8H15Cl2N. The molecule has 0 N–H and O–H groups in total. The highest BCUT2D eigenvalue weighted by atomic mass is 35.5. The Balaban J connectivity index is 0.000000605. The summed E-state index contributed by atoms with van der Waals surface area (Å²) >= 11 is 6.08. The molecule has 0 amide bonds. The molecule has 0 aromatic carbocycles. The minimum atomic E-state index is 0. The predicted molar refractivity (Wildman–Crippen MR) is 50.7 cm³/mol. The summed E-state index contributed by atoms with van der Waals surface area (Å²) in [5.41, 5.74) is 0. The van der Waals surface area contributed by atoms with E-state index in [0.29, 0.717) is 5.38 Å². The molecule has 0 radical (unpaired) electrons. The Labute approximate surface area is 79.5 Å². The fraction of sp³-hybridized carbons (Fsp3) is 1.00. The Morgan fingerprint density at radius 2 is 1.64 bits per heavy atom. The van der Waals surface area contributed by atoms with Gasteiger partial charge in [-0.2, -0.15) is 0 Å². The monoisotopic (exact) mass is 195 g/mol. The first kappa shape index (κ1) is 9.63. The molecule has 1 nitrogen and oxygen atoms in total. The van der Waals surface area contributed by atoms with Gasteiger partial charge in [-0.3, -0.25) is 0 Å². The first-order chi connectivity index (χ1) is 4.77. The van der Waals surface area contributed by atoms with Crippen molar-refractivity contribution in [3.05, 3.63) is 0 Å². The zero-order chi connectivity index (χ0) is 7.14. The molecule has 0 aromatic rings. The van der Waals surface area contributed by atoms with Crippen LogP contribution in [0.1, 0.15) is 25.7 Å². The number of nitrogens with zero attached hydrogens (tertiary/aromatic N) is 1. The Morgan fingerprint density at radius 1 is 1.18 bits per heavy atom. The van der Waals surface area contributed by atoms with Gasteiger partial charge in [-0.1, -0.05) is 0 Å². The average Bonchev–Trinajstić information content (AvgIpc) is 2.20. The van der Waals surface area contributed by atoms with Crippen LogP contribution in [0.3, 0.4) is 0 Å². The summed E-state index contributed by atoms with van der Waals surface area (Å²) in [6.45, 7) is 0. The van der Waals surface area contributed by atoms with Gasteiger partial charge in [0.15, 0.2) is 0 Å². The van der Waals surface area contributed by atoms with Gasteiger partial charge in [-0.25, -0.2) is 0 Å². The van der Waals surface area contributed by atoms with Crippen LogP contribution in [-0.4, -0.2) is 29.4 Å². The Bertz CT molecular complexity index is 126. The molecule has 2 fully saturated rings. The van der Waals surface area contributed by atoms with Gasteiger partial charge in [0.05, 0.1) is 0 Å². The van der Waals surface area contributed by atoms with Crippen molar-refractivity contribution in [2.45, 2.75) is 43.1 Å². The second kappa shape index (κ2) is 3.51. The molecular weight excluding hydrogens is 181 g/mol. The van der Waals surface area contributed by atoms with Gasteiger partial charge < -0.3 is 4.90 Å². The molecule has 2 heterocycles. The highest BCUT2D eigenvalue weighted by molar-refractivity contribution is 6.20. The molecule has 0 aliphatic carbocycles. The summed E-state index contributed by atoms with van der Waals surface area (Å²) in [4.78, 5) is 2.51. The van der Waals surface area contributed by atoms with Gasteiger partial charge in [0, 0.05) is 17.5 Å². The molecule has 0 aromatic heterocycles. The van der Waals surface area contributed by atoms with Crippen molar-refractivity contribution in [2.24, 2.45) is 0 Å². The topological polar surface area (TPSA) is 3.24 Å². The molecule has 66 valence electrons. The number of hydrogen-bond donors (Lipinski definition) is 0. The minimum absolute atomic E-state index is 0.